The van der Waals surface area contributed by atoms with Crippen molar-refractivity contribution in [2.45, 2.75) is 44.9 Å². The molecule has 0 aliphatic rings. The molecule has 4 nitrogen and oxygen atoms in total. The van der Waals surface area contributed by atoms with E-state index in [1.165, 1.54) is 12.1 Å². The summed E-state index contributed by atoms with van der Waals surface area (Å²) in [5.74, 6) is -0.575. The molecule has 0 fully saturated rings. The van der Waals surface area contributed by atoms with Gasteiger partial charge in [-0.1, -0.05) is 19.9 Å². The van der Waals surface area contributed by atoms with Crippen molar-refractivity contribution in [1.82, 2.24) is 4.72 Å². The van der Waals surface area contributed by atoms with Gasteiger partial charge in [0.2, 0.25) is 10.0 Å². The Labute approximate surface area is 126 Å². The molecule has 0 unspecified atom stereocenters. The van der Waals surface area contributed by atoms with Crippen molar-refractivity contribution in [1.29, 1.82) is 0 Å². The van der Waals surface area contributed by atoms with Gasteiger partial charge < -0.3 is 5.11 Å². The van der Waals surface area contributed by atoms with Crippen LogP contribution in [0.15, 0.2) is 23.1 Å². The lowest BCUT2D eigenvalue weighted by atomic mass is 9.80. The molecule has 1 aromatic carbocycles. The average molecular weight is 317 g/mol. The molecular formula is C15H24FNO3S. The molecule has 0 aliphatic heterocycles. The van der Waals surface area contributed by atoms with Gasteiger partial charge in [-0.2, -0.15) is 0 Å². The highest BCUT2D eigenvalue weighted by Crippen LogP contribution is 2.30. The van der Waals surface area contributed by atoms with Gasteiger partial charge in [-0.25, -0.2) is 17.5 Å². The minimum absolute atomic E-state index is 0.0163. The molecule has 120 valence electrons. The Morgan fingerprint density at radius 3 is 2.43 bits per heavy atom. The summed E-state index contributed by atoms with van der Waals surface area (Å²) in [5.41, 5.74) is 0.230. The van der Waals surface area contributed by atoms with Gasteiger partial charge in [0.05, 0.1) is 4.90 Å². The first-order valence-corrected chi connectivity index (χ1v) is 8.65. The Bertz CT molecular complexity index is 568. The van der Waals surface area contributed by atoms with Gasteiger partial charge in [0, 0.05) is 13.2 Å². The number of aryl methyl sites for hydroxylation is 1. The molecule has 21 heavy (non-hydrogen) atoms. The Hall–Kier alpha value is -0.980. The van der Waals surface area contributed by atoms with Crippen LogP contribution in [0.1, 0.15) is 38.7 Å². The summed E-state index contributed by atoms with van der Waals surface area (Å²) >= 11 is 0. The van der Waals surface area contributed by atoms with Crippen molar-refractivity contribution < 1.29 is 17.9 Å². The van der Waals surface area contributed by atoms with Crippen LogP contribution in [0.4, 0.5) is 4.39 Å². The molecule has 0 spiro atoms. The lowest BCUT2D eigenvalue weighted by molar-refractivity contribution is 0.170. The van der Waals surface area contributed by atoms with E-state index in [2.05, 4.69) is 4.72 Å². The molecule has 0 saturated carbocycles. The van der Waals surface area contributed by atoms with E-state index in [4.69, 9.17) is 5.11 Å². The number of rotatable bonds is 8. The van der Waals surface area contributed by atoms with Crippen molar-refractivity contribution in [2.75, 3.05) is 13.2 Å². The zero-order chi connectivity index (χ0) is 16.1. The third-order valence-corrected chi connectivity index (χ3v) is 5.76. The molecule has 0 aliphatic carbocycles. The summed E-state index contributed by atoms with van der Waals surface area (Å²) in [6.07, 6.45) is 2.05. The van der Waals surface area contributed by atoms with Gasteiger partial charge in [-0.3, -0.25) is 0 Å². The van der Waals surface area contributed by atoms with Crippen LogP contribution >= 0.6 is 0 Å². The maximum absolute atomic E-state index is 13.3. The summed E-state index contributed by atoms with van der Waals surface area (Å²) in [5, 5.41) is 9.16. The highest BCUT2D eigenvalue weighted by molar-refractivity contribution is 7.89. The van der Waals surface area contributed by atoms with E-state index in [1.54, 1.807) is 6.92 Å². The molecule has 0 bridgehead atoms. The summed E-state index contributed by atoms with van der Waals surface area (Å²) in [7, 11) is -3.76. The molecule has 0 heterocycles. The van der Waals surface area contributed by atoms with Crippen LogP contribution in [0.25, 0.3) is 0 Å². The third kappa shape index (κ3) is 4.49. The molecule has 0 aromatic heterocycles. The van der Waals surface area contributed by atoms with Crippen molar-refractivity contribution in [3.63, 3.8) is 0 Å². The van der Waals surface area contributed by atoms with Gasteiger partial charge in [-0.05, 0) is 49.3 Å². The van der Waals surface area contributed by atoms with Crippen LogP contribution in [-0.4, -0.2) is 26.7 Å². The number of hydrogen-bond donors (Lipinski definition) is 2. The molecule has 2 N–H and O–H groups in total. The number of sulfonamides is 1. The zero-order valence-corrected chi connectivity index (χ0v) is 13.6. The van der Waals surface area contributed by atoms with E-state index in [1.807, 2.05) is 13.8 Å². The molecule has 0 radical (unpaired) electrons. The van der Waals surface area contributed by atoms with Gasteiger partial charge >= 0.3 is 0 Å². The second-order valence-electron chi connectivity index (χ2n) is 5.42. The quantitative estimate of drug-likeness (QED) is 0.774. The molecule has 1 aromatic rings. The van der Waals surface area contributed by atoms with E-state index < -0.39 is 15.8 Å². The normalized spacial score (nSPS) is 12.6. The van der Waals surface area contributed by atoms with E-state index in [-0.39, 0.29) is 23.5 Å². The Kier molecular flexibility index (Phi) is 6.31. The summed E-state index contributed by atoms with van der Waals surface area (Å²) < 4.78 is 40.5. The lowest BCUT2D eigenvalue weighted by Crippen LogP contribution is -2.37. The molecule has 6 heteroatoms. The van der Waals surface area contributed by atoms with Gasteiger partial charge in [-0.15, -0.1) is 0 Å². The highest BCUT2D eigenvalue weighted by atomic mass is 32.2. The molecule has 1 rings (SSSR count). The van der Waals surface area contributed by atoms with Crippen LogP contribution in [0.3, 0.4) is 0 Å². The number of nitrogens with one attached hydrogen (secondary N) is 1. The molecule has 0 atom stereocenters. The van der Waals surface area contributed by atoms with E-state index in [0.717, 1.165) is 18.9 Å². The minimum atomic E-state index is -3.76. The number of hydrogen-bond acceptors (Lipinski definition) is 3. The maximum atomic E-state index is 13.3. The number of benzene rings is 1. The summed E-state index contributed by atoms with van der Waals surface area (Å²) in [6.45, 7) is 5.83. The Balaban J connectivity index is 2.97. The monoisotopic (exact) mass is 317 g/mol. The van der Waals surface area contributed by atoms with E-state index >= 15 is 0 Å². The van der Waals surface area contributed by atoms with Crippen LogP contribution in [-0.2, 0) is 10.0 Å². The van der Waals surface area contributed by atoms with Gasteiger partial charge in [0.1, 0.15) is 5.82 Å². The topological polar surface area (TPSA) is 66.4 Å². The van der Waals surface area contributed by atoms with Crippen LogP contribution in [0.2, 0.25) is 0 Å². The van der Waals surface area contributed by atoms with Gasteiger partial charge in [0.25, 0.3) is 0 Å². The fourth-order valence-electron chi connectivity index (χ4n) is 2.37. The van der Waals surface area contributed by atoms with Crippen LogP contribution in [0.5, 0.6) is 0 Å². The number of aliphatic hydroxyl groups excluding tert-OH is 1. The fourth-order valence-corrected chi connectivity index (χ4v) is 3.78. The SMILES string of the molecule is CCC(CC)(CCO)CNS(=O)(=O)c1cc(F)ccc1C. The Morgan fingerprint density at radius 2 is 1.90 bits per heavy atom. The van der Waals surface area contributed by atoms with Crippen LogP contribution < -0.4 is 4.72 Å². The number of halogens is 1. The second-order valence-corrected chi connectivity index (χ2v) is 7.15. The molecular weight excluding hydrogens is 293 g/mol. The predicted octanol–water partition coefficient (Wildman–Crippen LogP) is 2.60. The second kappa shape index (κ2) is 7.33. The lowest BCUT2D eigenvalue weighted by Gasteiger charge is -2.31. The molecule has 0 amide bonds. The standard InChI is InChI=1S/C15H24FNO3S/c1-4-15(5-2,8-9-18)11-17-21(19,20)14-10-13(16)7-6-12(14)3/h6-7,10,17-18H,4-5,8-9,11H2,1-3H3. The highest BCUT2D eigenvalue weighted by Gasteiger charge is 2.28. The smallest absolute Gasteiger partial charge is 0.240 e. The largest absolute Gasteiger partial charge is 0.396 e. The average Bonchev–Trinajstić information content (AvgIpc) is 2.46. The predicted molar refractivity (Wildman–Crippen MR) is 81.0 cm³/mol. The van der Waals surface area contributed by atoms with E-state index in [9.17, 15) is 12.8 Å². The van der Waals surface area contributed by atoms with E-state index in [0.29, 0.717) is 12.0 Å². The first-order valence-electron chi connectivity index (χ1n) is 7.17. The van der Waals surface area contributed by atoms with Gasteiger partial charge in [0.15, 0.2) is 0 Å². The Morgan fingerprint density at radius 1 is 1.29 bits per heavy atom. The fraction of sp³-hybridized carbons (Fsp3) is 0.600. The number of aliphatic hydroxyl groups is 1. The summed E-state index contributed by atoms with van der Waals surface area (Å²) in [4.78, 5) is -0.0346. The first kappa shape index (κ1) is 18.1. The van der Waals surface area contributed by atoms with Crippen molar-refractivity contribution >= 4 is 10.0 Å². The maximum Gasteiger partial charge on any atom is 0.240 e. The summed E-state index contributed by atoms with van der Waals surface area (Å²) in [6, 6.07) is 3.72. The third-order valence-electron chi connectivity index (χ3n) is 4.22. The zero-order valence-electron chi connectivity index (χ0n) is 12.8. The van der Waals surface area contributed by atoms with Crippen molar-refractivity contribution in [2.24, 2.45) is 5.41 Å². The molecule has 0 saturated heterocycles. The van der Waals surface area contributed by atoms with Crippen molar-refractivity contribution in [3.8, 4) is 0 Å². The first-order chi connectivity index (χ1) is 9.80. The minimum Gasteiger partial charge on any atom is -0.396 e. The van der Waals surface area contributed by atoms with Crippen LogP contribution in [0, 0.1) is 18.2 Å². The van der Waals surface area contributed by atoms with Crippen molar-refractivity contribution in [3.05, 3.63) is 29.6 Å².